The fourth-order valence-corrected chi connectivity index (χ4v) is 2.65. The highest BCUT2D eigenvalue weighted by molar-refractivity contribution is 5.97. The number of fused-ring (bicyclic) bond motifs is 3. The van der Waals surface area contributed by atoms with Crippen molar-refractivity contribution in [2.75, 3.05) is 23.7 Å². The van der Waals surface area contributed by atoms with Crippen LogP contribution in [0.1, 0.15) is 19.8 Å². The van der Waals surface area contributed by atoms with Crippen molar-refractivity contribution < 1.29 is 0 Å². The van der Waals surface area contributed by atoms with Crippen LogP contribution < -0.4 is 10.6 Å². The molecule has 2 heterocycles. The molecule has 0 bridgehead atoms. The summed E-state index contributed by atoms with van der Waals surface area (Å²) in [6.07, 6.45) is 4.45. The number of benzene rings is 1. The Bertz CT molecular complexity index is 550. The molecule has 94 valence electrons. The van der Waals surface area contributed by atoms with Crippen LogP contribution in [0.15, 0.2) is 30.5 Å². The number of pyridine rings is 1. The number of hydrogen-bond donors (Lipinski definition) is 2. The summed E-state index contributed by atoms with van der Waals surface area (Å²) in [5.41, 5.74) is 3.39. The maximum absolute atomic E-state index is 4.50. The Morgan fingerprint density at radius 1 is 1.22 bits per heavy atom. The molecule has 1 aromatic carbocycles. The number of anilines is 2. The summed E-state index contributed by atoms with van der Waals surface area (Å²) in [5.74, 6) is 0.696. The molecule has 1 aliphatic heterocycles. The van der Waals surface area contributed by atoms with Crippen molar-refractivity contribution >= 4 is 22.3 Å². The molecule has 3 rings (SSSR count). The highest BCUT2D eigenvalue weighted by Crippen LogP contribution is 2.32. The zero-order valence-electron chi connectivity index (χ0n) is 10.7. The summed E-state index contributed by atoms with van der Waals surface area (Å²) in [4.78, 5) is 4.50. The number of rotatable bonds is 2. The molecule has 0 aliphatic carbocycles. The third-order valence-electron chi connectivity index (χ3n) is 3.62. The number of nitrogens with zero attached hydrogens (tertiary/aromatic N) is 1. The van der Waals surface area contributed by atoms with Crippen molar-refractivity contribution in [2.45, 2.75) is 19.8 Å². The van der Waals surface area contributed by atoms with Gasteiger partial charge in [-0.05, 0) is 18.4 Å². The minimum Gasteiger partial charge on any atom is -0.382 e. The first-order chi connectivity index (χ1) is 8.88. The van der Waals surface area contributed by atoms with E-state index < -0.39 is 0 Å². The van der Waals surface area contributed by atoms with Crippen molar-refractivity contribution in [3.05, 3.63) is 30.5 Å². The second-order valence-electron chi connectivity index (χ2n) is 4.98. The van der Waals surface area contributed by atoms with Crippen molar-refractivity contribution in [1.29, 1.82) is 0 Å². The van der Waals surface area contributed by atoms with Crippen LogP contribution in [0.3, 0.4) is 0 Å². The van der Waals surface area contributed by atoms with Crippen LogP contribution in [0, 0.1) is 5.92 Å². The monoisotopic (exact) mass is 241 g/mol. The van der Waals surface area contributed by atoms with Crippen LogP contribution in [0.25, 0.3) is 10.9 Å². The zero-order chi connectivity index (χ0) is 12.4. The lowest BCUT2D eigenvalue weighted by atomic mass is 10.0. The Hall–Kier alpha value is -1.77. The fourth-order valence-electron chi connectivity index (χ4n) is 2.65. The van der Waals surface area contributed by atoms with Gasteiger partial charge in [-0.25, -0.2) is 0 Å². The molecule has 0 fully saturated rings. The molecular weight excluding hydrogens is 222 g/mol. The van der Waals surface area contributed by atoms with E-state index in [4.69, 9.17) is 0 Å². The third-order valence-corrected chi connectivity index (χ3v) is 3.62. The van der Waals surface area contributed by atoms with Crippen molar-refractivity contribution in [3.8, 4) is 0 Å². The predicted molar refractivity (Wildman–Crippen MR) is 77.1 cm³/mol. The molecule has 1 aliphatic rings. The predicted octanol–water partition coefficient (Wildman–Crippen LogP) is 3.49. The zero-order valence-corrected chi connectivity index (χ0v) is 10.7. The summed E-state index contributed by atoms with van der Waals surface area (Å²) in [6.45, 7) is 4.32. The van der Waals surface area contributed by atoms with E-state index in [0.29, 0.717) is 5.92 Å². The lowest BCUT2D eigenvalue weighted by molar-refractivity contribution is 0.531. The number of aromatic nitrogens is 1. The summed E-state index contributed by atoms with van der Waals surface area (Å²) in [6, 6.07) is 8.30. The largest absolute Gasteiger partial charge is 0.382 e. The van der Waals surface area contributed by atoms with Crippen LogP contribution in [0.2, 0.25) is 0 Å². The first-order valence-corrected chi connectivity index (χ1v) is 6.74. The Morgan fingerprint density at radius 3 is 2.94 bits per heavy atom. The first kappa shape index (κ1) is 11.3. The lowest BCUT2D eigenvalue weighted by Gasteiger charge is -2.12. The summed E-state index contributed by atoms with van der Waals surface area (Å²) in [5, 5.41) is 8.34. The van der Waals surface area contributed by atoms with E-state index in [1.54, 1.807) is 0 Å². The lowest BCUT2D eigenvalue weighted by Crippen LogP contribution is -2.18. The molecule has 0 saturated carbocycles. The maximum atomic E-state index is 4.50. The molecule has 0 spiro atoms. The second kappa shape index (κ2) is 4.84. The molecule has 0 amide bonds. The molecule has 1 unspecified atom stereocenters. The van der Waals surface area contributed by atoms with Gasteiger partial charge in [0.05, 0.1) is 23.1 Å². The maximum Gasteiger partial charge on any atom is 0.0769 e. The number of para-hydroxylation sites is 1. The molecule has 3 heteroatoms. The van der Waals surface area contributed by atoms with Crippen molar-refractivity contribution in [1.82, 2.24) is 4.98 Å². The van der Waals surface area contributed by atoms with Gasteiger partial charge in [-0.15, -0.1) is 0 Å². The van der Waals surface area contributed by atoms with E-state index in [9.17, 15) is 0 Å². The van der Waals surface area contributed by atoms with Crippen LogP contribution in [0.4, 0.5) is 11.4 Å². The molecule has 0 radical (unpaired) electrons. The molecule has 1 aromatic heterocycles. The Morgan fingerprint density at radius 2 is 2.06 bits per heavy atom. The Kier molecular flexibility index (Phi) is 3.05. The van der Waals surface area contributed by atoms with Gasteiger partial charge in [-0.2, -0.15) is 0 Å². The van der Waals surface area contributed by atoms with Crippen LogP contribution in [-0.4, -0.2) is 18.1 Å². The topological polar surface area (TPSA) is 37.0 Å². The molecule has 3 nitrogen and oxygen atoms in total. The Labute approximate surface area is 108 Å². The van der Waals surface area contributed by atoms with Crippen LogP contribution in [0.5, 0.6) is 0 Å². The van der Waals surface area contributed by atoms with Gasteiger partial charge in [-0.3, -0.25) is 4.98 Å². The summed E-state index contributed by atoms with van der Waals surface area (Å²) < 4.78 is 0. The smallest absolute Gasteiger partial charge is 0.0769 e. The highest BCUT2D eigenvalue weighted by Gasteiger charge is 2.16. The normalized spacial score (nSPS) is 18.6. The van der Waals surface area contributed by atoms with Crippen LogP contribution >= 0.6 is 0 Å². The van der Waals surface area contributed by atoms with Crippen LogP contribution in [-0.2, 0) is 0 Å². The molecule has 2 aromatic rings. The summed E-state index contributed by atoms with van der Waals surface area (Å²) in [7, 11) is 0. The fraction of sp³-hybridized carbons (Fsp3) is 0.400. The van der Waals surface area contributed by atoms with E-state index in [0.717, 1.165) is 24.3 Å². The molecule has 2 N–H and O–H groups in total. The molecule has 0 saturated heterocycles. The SMILES string of the molecule is CCCC1CNc2cnc3ccccc3c2NC1. The first-order valence-electron chi connectivity index (χ1n) is 6.74. The average Bonchev–Trinajstić information content (AvgIpc) is 2.62. The van der Waals surface area contributed by atoms with E-state index in [1.165, 1.54) is 23.9 Å². The second-order valence-corrected chi connectivity index (χ2v) is 4.98. The highest BCUT2D eigenvalue weighted by atomic mass is 15.0. The van der Waals surface area contributed by atoms with Gasteiger partial charge in [0.1, 0.15) is 0 Å². The standard InChI is InChI=1S/C15H19N3/c1-2-5-11-8-16-14-10-17-13-7-4-3-6-12(13)15(14)18-9-11/h3-4,6-7,10-11,16,18H,2,5,8-9H2,1H3. The number of hydrogen-bond acceptors (Lipinski definition) is 3. The van der Waals surface area contributed by atoms with E-state index >= 15 is 0 Å². The van der Waals surface area contributed by atoms with Gasteiger partial charge in [0.15, 0.2) is 0 Å². The van der Waals surface area contributed by atoms with Gasteiger partial charge in [0.2, 0.25) is 0 Å². The van der Waals surface area contributed by atoms with Gasteiger partial charge in [-0.1, -0.05) is 31.5 Å². The van der Waals surface area contributed by atoms with E-state index in [1.807, 2.05) is 12.3 Å². The van der Waals surface area contributed by atoms with Gasteiger partial charge < -0.3 is 10.6 Å². The van der Waals surface area contributed by atoms with Crippen molar-refractivity contribution in [3.63, 3.8) is 0 Å². The molecule has 1 atom stereocenters. The van der Waals surface area contributed by atoms with E-state index in [-0.39, 0.29) is 0 Å². The average molecular weight is 241 g/mol. The van der Waals surface area contributed by atoms with E-state index in [2.05, 4.69) is 40.7 Å². The molecular formula is C15H19N3. The van der Waals surface area contributed by atoms with Gasteiger partial charge >= 0.3 is 0 Å². The third kappa shape index (κ3) is 2.01. The van der Waals surface area contributed by atoms with Crippen molar-refractivity contribution in [2.24, 2.45) is 5.92 Å². The van der Waals surface area contributed by atoms with Gasteiger partial charge in [0.25, 0.3) is 0 Å². The quantitative estimate of drug-likeness (QED) is 0.845. The minimum absolute atomic E-state index is 0.696. The van der Waals surface area contributed by atoms with Gasteiger partial charge in [0, 0.05) is 18.5 Å². The number of nitrogens with one attached hydrogen (secondary N) is 2. The summed E-state index contributed by atoms with van der Waals surface area (Å²) >= 11 is 0. The Balaban J connectivity index is 1.98. The minimum atomic E-state index is 0.696. The molecule has 18 heavy (non-hydrogen) atoms.